The zero-order chi connectivity index (χ0) is 18.4. The number of rotatable bonds is 6. The molecule has 0 radical (unpaired) electrons. The molecule has 0 atom stereocenters. The van der Waals surface area contributed by atoms with E-state index in [2.05, 4.69) is 15.5 Å². The van der Waals surface area contributed by atoms with Gasteiger partial charge in [0.2, 0.25) is 5.01 Å². The van der Waals surface area contributed by atoms with Crippen molar-refractivity contribution in [3.05, 3.63) is 75.7 Å². The summed E-state index contributed by atoms with van der Waals surface area (Å²) in [7, 11) is 1.61. The number of hydrogen-bond acceptors (Lipinski definition) is 5. The van der Waals surface area contributed by atoms with Gasteiger partial charge in [-0.15, -0.1) is 10.2 Å². The standard InChI is InChI=1S/C19H16ClN3O2S/c1-25-15-9-7-13(8-10-15)11-16(20)18-22-23-19(26-18)17(24)21-12-14-5-3-2-4-6-14/h2-11H,12H2,1H3,(H,21,24)/b16-11-. The van der Waals surface area contributed by atoms with Gasteiger partial charge in [0.1, 0.15) is 5.75 Å². The lowest BCUT2D eigenvalue weighted by Crippen LogP contribution is -2.22. The Bertz CT molecular complexity index is 908. The molecule has 3 aromatic rings. The van der Waals surface area contributed by atoms with E-state index in [1.54, 1.807) is 13.2 Å². The zero-order valence-electron chi connectivity index (χ0n) is 14.0. The van der Waals surface area contributed by atoms with E-state index in [1.807, 2.05) is 54.6 Å². The van der Waals surface area contributed by atoms with Gasteiger partial charge < -0.3 is 10.1 Å². The number of nitrogens with zero attached hydrogens (tertiary/aromatic N) is 2. The molecule has 7 heteroatoms. The maximum absolute atomic E-state index is 12.2. The van der Waals surface area contributed by atoms with Gasteiger partial charge in [0.15, 0.2) is 5.01 Å². The van der Waals surface area contributed by atoms with Gasteiger partial charge >= 0.3 is 0 Å². The molecule has 0 aliphatic heterocycles. The summed E-state index contributed by atoms with van der Waals surface area (Å²) in [5.74, 6) is 0.498. The van der Waals surface area contributed by atoms with Gasteiger partial charge in [-0.05, 0) is 29.3 Å². The minimum absolute atomic E-state index is 0.272. The lowest BCUT2D eigenvalue weighted by atomic mass is 10.2. The Morgan fingerprint density at radius 1 is 1.12 bits per heavy atom. The van der Waals surface area contributed by atoms with E-state index in [-0.39, 0.29) is 10.9 Å². The van der Waals surface area contributed by atoms with Crippen molar-refractivity contribution in [1.82, 2.24) is 15.5 Å². The molecular formula is C19H16ClN3O2S. The molecule has 132 valence electrons. The molecule has 0 saturated carbocycles. The molecule has 0 aliphatic carbocycles. The number of methoxy groups -OCH3 is 1. The van der Waals surface area contributed by atoms with Crippen LogP contribution in [0.25, 0.3) is 11.1 Å². The quantitative estimate of drug-likeness (QED) is 0.690. The van der Waals surface area contributed by atoms with Crippen LogP contribution >= 0.6 is 22.9 Å². The number of aromatic nitrogens is 2. The predicted octanol–water partition coefficient (Wildman–Crippen LogP) is 4.21. The number of hydrogen-bond donors (Lipinski definition) is 1. The largest absolute Gasteiger partial charge is 0.497 e. The van der Waals surface area contributed by atoms with E-state index in [9.17, 15) is 4.79 Å². The van der Waals surface area contributed by atoms with E-state index in [1.165, 1.54) is 0 Å². The summed E-state index contributed by atoms with van der Waals surface area (Å²) in [6, 6.07) is 17.1. The van der Waals surface area contributed by atoms with Crippen molar-refractivity contribution in [3.63, 3.8) is 0 Å². The molecule has 1 heterocycles. The smallest absolute Gasteiger partial charge is 0.282 e. The minimum Gasteiger partial charge on any atom is -0.497 e. The number of nitrogens with one attached hydrogen (secondary N) is 1. The zero-order valence-corrected chi connectivity index (χ0v) is 15.6. The summed E-state index contributed by atoms with van der Waals surface area (Å²) in [6.07, 6.45) is 1.77. The van der Waals surface area contributed by atoms with Crippen molar-refractivity contribution >= 4 is 40.0 Å². The first-order valence-electron chi connectivity index (χ1n) is 7.83. The highest BCUT2D eigenvalue weighted by Crippen LogP contribution is 2.26. The van der Waals surface area contributed by atoms with Gasteiger partial charge in [-0.1, -0.05) is 65.4 Å². The normalized spacial score (nSPS) is 11.2. The van der Waals surface area contributed by atoms with Crippen molar-refractivity contribution in [2.24, 2.45) is 0 Å². The molecule has 1 aromatic heterocycles. The summed E-state index contributed by atoms with van der Waals surface area (Å²) in [5.41, 5.74) is 1.92. The Morgan fingerprint density at radius 2 is 1.81 bits per heavy atom. The van der Waals surface area contributed by atoms with Gasteiger partial charge in [-0.2, -0.15) is 0 Å². The average molecular weight is 386 g/mol. The summed E-state index contributed by atoms with van der Waals surface area (Å²) in [4.78, 5) is 12.2. The van der Waals surface area contributed by atoms with Crippen LogP contribution in [0.15, 0.2) is 54.6 Å². The Morgan fingerprint density at radius 3 is 2.50 bits per heavy atom. The summed E-state index contributed by atoms with van der Waals surface area (Å²) >= 11 is 7.46. The lowest BCUT2D eigenvalue weighted by Gasteiger charge is -2.02. The molecule has 0 unspecified atom stereocenters. The first-order valence-corrected chi connectivity index (χ1v) is 9.02. The lowest BCUT2D eigenvalue weighted by molar-refractivity contribution is 0.0950. The first kappa shape index (κ1) is 18.1. The maximum atomic E-state index is 12.2. The molecule has 0 aliphatic rings. The number of amides is 1. The molecule has 0 fully saturated rings. The van der Waals surface area contributed by atoms with E-state index in [0.29, 0.717) is 16.6 Å². The number of ether oxygens (including phenoxy) is 1. The van der Waals surface area contributed by atoms with E-state index >= 15 is 0 Å². The van der Waals surface area contributed by atoms with Gasteiger partial charge in [0.05, 0.1) is 12.1 Å². The SMILES string of the molecule is COc1ccc(/C=C(\Cl)c2nnc(C(=O)NCc3ccccc3)s2)cc1. The van der Waals surface area contributed by atoms with Crippen LogP contribution in [0.4, 0.5) is 0 Å². The molecule has 1 amide bonds. The van der Waals surface area contributed by atoms with Crippen molar-refractivity contribution in [2.75, 3.05) is 7.11 Å². The van der Waals surface area contributed by atoms with E-state index in [4.69, 9.17) is 16.3 Å². The fourth-order valence-corrected chi connectivity index (χ4v) is 3.12. The highest BCUT2D eigenvalue weighted by molar-refractivity contribution is 7.15. The van der Waals surface area contributed by atoms with Gasteiger partial charge in [0.25, 0.3) is 5.91 Å². The van der Waals surface area contributed by atoms with E-state index < -0.39 is 0 Å². The average Bonchev–Trinajstić information content (AvgIpc) is 3.18. The van der Waals surface area contributed by atoms with Crippen molar-refractivity contribution in [3.8, 4) is 5.75 Å². The second-order valence-electron chi connectivity index (χ2n) is 5.35. The Kier molecular flexibility index (Phi) is 5.99. The minimum atomic E-state index is -0.272. The molecule has 0 saturated heterocycles. The van der Waals surface area contributed by atoms with Crippen LogP contribution in [-0.4, -0.2) is 23.2 Å². The molecule has 2 aromatic carbocycles. The van der Waals surface area contributed by atoms with Crippen LogP contribution in [0.5, 0.6) is 5.75 Å². The molecule has 0 bridgehead atoms. The van der Waals surface area contributed by atoms with Gasteiger partial charge in [-0.3, -0.25) is 4.79 Å². The first-order chi connectivity index (χ1) is 12.7. The van der Waals surface area contributed by atoms with Crippen LogP contribution < -0.4 is 10.1 Å². The Labute approximate surface area is 160 Å². The molecular weight excluding hydrogens is 370 g/mol. The highest BCUT2D eigenvalue weighted by atomic mass is 35.5. The second kappa shape index (κ2) is 8.60. The third-order valence-corrected chi connectivity index (χ3v) is 4.88. The Balaban J connectivity index is 1.65. The summed E-state index contributed by atoms with van der Waals surface area (Å²) < 4.78 is 5.12. The summed E-state index contributed by atoms with van der Waals surface area (Å²) in [5, 5.41) is 12.0. The topological polar surface area (TPSA) is 64.1 Å². The number of carbonyl (C=O) groups excluding carboxylic acids is 1. The third kappa shape index (κ3) is 4.68. The number of benzene rings is 2. The van der Waals surface area contributed by atoms with Crippen LogP contribution in [-0.2, 0) is 6.54 Å². The Hall–Kier alpha value is -2.70. The molecule has 0 spiro atoms. The van der Waals surface area contributed by atoms with Crippen LogP contribution in [0.3, 0.4) is 0 Å². The van der Waals surface area contributed by atoms with Crippen molar-refractivity contribution in [1.29, 1.82) is 0 Å². The fraction of sp³-hybridized carbons (Fsp3) is 0.105. The van der Waals surface area contributed by atoms with Crippen molar-refractivity contribution in [2.45, 2.75) is 6.54 Å². The highest BCUT2D eigenvalue weighted by Gasteiger charge is 2.14. The maximum Gasteiger partial charge on any atom is 0.282 e. The fourth-order valence-electron chi connectivity index (χ4n) is 2.17. The second-order valence-corrected chi connectivity index (χ2v) is 6.73. The third-order valence-electron chi connectivity index (χ3n) is 3.53. The molecule has 26 heavy (non-hydrogen) atoms. The molecule has 3 rings (SSSR count). The number of carbonyl (C=O) groups is 1. The monoisotopic (exact) mass is 385 g/mol. The summed E-state index contributed by atoms with van der Waals surface area (Å²) in [6.45, 7) is 0.435. The van der Waals surface area contributed by atoms with Gasteiger partial charge in [0, 0.05) is 6.54 Å². The van der Waals surface area contributed by atoms with Gasteiger partial charge in [-0.25, -0.2) is 0 Å². The van der Waals surface area contributed by atoms with E-state index in [0.717, 1.165) is 28.2 Å². The molecule has 1 N–H and O–H groups in total. The number of halogens is 1. The van der Waals surface area contributed by atoms with Crippen LogP contribution in [0.1, 0.15) is 25.9 Å². The van der Waals surface area contributed by atoms with Crippen molar-refractivity contribution < 1.29 is 9.53 Å². The van der Waals surface area contributed by atoms with Crippen LogP contribution in [0, 0.1) is 0 Å². The predicted molar refractivity (Wildman–Crippen MR) is 104 cm³/mol. The van der Waals surface area contributed by atoms with Crippen LogP contribution in [0.2, 0.25) is 0 Å². The molecule has 5 nitrogen and oxygen atoms in total.